The Hall–Kier alpha value is -5.38. The van der Waals surface area contributed by atoms with Crippen LogP contribution in [-0.4, -0.2) is 104 Å². The molecule has 2 aromatic carbocycles. The average molecular weight is 801 g/mol. The summed E-state index contributed by atoms with van der Waals surface area (Å²) in [5.41, 5.74) is 2.24. The second-order valence-corrected chi connectivity index (χ2v) is 15.9. The third-order valence-corrected chi connectivity index (χ3v) is 10.3. The van der Waals surface area contributed by atoms with Crippen molar-refractivity contribution in [1.29, 1.82) is 0 Å². The molecule has 0 saturated heterocycles. The minimum atomic E-state index is -1.59. The van der Waals surface area contributed by atoms with Crippen LogP contribution in [0, 0.1) is 11.8 Å². The minimum absolute atomic E-state index is 0.130. The van der Waals surface area contributed by atoms with Gasteiger partial charge in [0.1, 0.15) is 29.3 Å². The lowest BCUT2D eigenvalue weighted by Crippen LogP contribution is -2.62. The van der Waals surface area contributed by atoms with Gasteiger partial charge in [-0.15, -0.1) is 11.3 Å². The van der Waals surface area contributed by atoms with E-state index >= 15 is 0 Å². The molecule has 0 spiro atoms. The molecule has 306 valence electrons. The van der Waals surface area contributed by atoms with E-state index in [1.54, 1.807) is 66.3 Å². The SMILES string of the molecule is CC(C)[C@H](NC(=O)N(C)Cc1nccs1)C(=O)N[C@@H](Cc1ccccc1)[C@H](O)[C@H](O)[C@H](Cc1ccccc1)NC(=O)[C@@H](NC(=O)N(C)Cc1ccccn1)C(C)C. The highest BCUT2D eigenvalue weighted by Gasteiger charge is 2.38. The number of pyridine rings is 1. The Morgan fingerprint density at radius 2 is 1.07 bits per heavy atom. The van der Waals surface area contributed by atoms with E-state index in [0.29, 0.717) is 5.69 Å². The number of aromatic nitrogens is 2. The maximum atomic E-state index is 14.0. The number of hydrogen-bond acceptors (Lipinski definition) is 9. The number of carbonyl (C=O) groups excluding carboxylic acids is 4. The van der Waals surface area contributed by atoms with Crippen LogP contribution in [0.5, 0.6) is 0 Å². The number of nitrogens with zero attached hydrogens (tertiary/aromatic N) is 4. The van der Waals surface area contributed by atoms with Crippen LogP contribution in [0.25, 0.3) is 0 Å². The summed E-state index contributed by atoms with van der Waals surface area (Å²) in [6, 6.07) is 18.8. The number of rotatable bonds is 19. The molecule has 0 bridgehead atoms. The molecule has 6 atom stereocenters. The molecule has 0 fully saturated rings. The Balaban J connectivity index is 1.56. The van der Waals surface area contributed by atoms with Crippen molar-refractivity contribution in [1.82, 2.24) is 41.0 Å². The van der Waals surface area contributed by atoms with Crippen LogP contribution >= 0.6 is 11.3 Å². The number of aliphatic hydroxyl groups is 2. The number of hydrogen-bond donors (Lipinski definition) is 6. The summed E-state index contributed by atoms with van der Waals surface area (Å²) < 4.78 is 0. The van der Waals surface area contributed by atoms with Crippen molar-refractivity contribution in [3.8, 4) is 0 Å². The molecule has 0 aliphatic heterocycles. The fourth-order valence-electron chi connectivity index (χ4n) is 6.24. The van der Waals surface area contributed by atoms with Crippen molar-refractivity contribution in [3.63, 3.8) is 0 Å². The number of thiazole rings is 1. The summed E-state index contributed by atoms with van der Waals surface area (Å²) in [5, 5.41) is 38.0. The highest BCUT2D eigenvalue weighted by Crippen LogP contribution is 2.17. The molecule has 2 heterocycles. The van der Waals surface area contributed by atoms with Crippen molar-refractivity contribution in [2.75, 3.05) is 14.1 Å². The topological polar surface area (TPSA) is 189 Å². The number of amides is 6. The van der Waals surface area contributed by atoms with Gasteiger partial charge in [-0.25, -0.2) is 14.6 Å². The predicted octanol–water partition coefficient (Wildman–Crippen LogP) is 3.75. The summed E-state index contributed by atoms with van der Waals surface area (Å²) in [6.07, 6.45) is 0.382. The Kier molecular flexibility index (Phi) is 17.0. The van der Waals surface area contributed by atoms with Crippen molar-refractivity contribution >= 4 is 35.2 Å². The second-order valence-electron chi connectivity index (χ2n) is 14.9. The summed E-state index contributed by atoms with van der Waals surface area (Å²) in [7, 11) is 3.22. The Morgan fingerprint density at radius 3 is 1.47 bits per heavy atom. The van der Waals surface area contributed by atoms with Gasteiger partial charge in [-0.3, -0.25) is 14.6 Å². The van der Waals surface area contributed by atoms with Crippen LogP contribution in [0.2, 0.25) is 0 Å². The Labute approximate surface area is 339 Å². The van der Waals surface area contributed by atoms with Gasteiger partial charge in [0.2, 0.25) is 11.8 Å². The largest absolute Gasteiger partial charge is 0.388 e. The monoisotopic (exact) mass is 800 g/mol. The molecule has 2 aromatic heterocycles. The molecule has 0 unspecified atom stereocenters. The highest BCUT2D eigenvalue weighted by molar-refractivity contribution is 7.09. The lowest BCUT2D eigenvalue weighted by molar-refractivity contribution is -0.129. The third kappa shape index (κ3) is 13.7. The van der Waals surface area contributed by atoms with E-state index in [2.05, 4.69) is 31.2 Å². The zero-order chi connectivity index (χ0) is 41.5. The van der Waals surface area contributed by atoms with E-state index in [0.717, 1.165) is 16.1 Å². The van der Waals surface area contributed by atoms with Gasteiger partial charge in [0.15, 0.2) is 0 Å². The maximum absolute atomic E-state index is 14.0. The number of carbonyl (C=O) groups is 4. The Bertz CT molecular complexity index is 1830. The number of aliphatic hydroxyl groups excluding tert-OH is 2. The molecule has 0 radical (unpaired) electrons. The van der Waals surface area contributed by atoms with Gasteiger partial charge in [0.25, 0.3) is 0 Å². The standard InChI is InChI=1S/C42H56N8O6S/c1-27(2)35(47-41(55)49(5)25-31-19-13-14-20-43-31)39(53)45-32(23-29-15-9-7-10-16-29)37(51)38(52)33(24-30-17-11-8-12-18-30)46-40(54)36(28(3)4)48-42(56)50(6)26-34-44-21-22-57-34/h7-22,27-28,32-33,35-38,51-52H,23-26H2,1-6H3,(H,45,53)(H,46,54)(H,47,55)(H,48,56)/t32-,33-,35-,36-,37+,38-/m0/s1. The van der Waals surface area contributed by atoms with E-state index in [-0.39, 0.29) is 37.8 Å². The first-order valence-electron chi connectivity index (χ1n) is 19.1. The summed E-state index contributed by atoms with van der Waals surface area (Å²) >= 11 is 1.42. The summed E-state index contributed by atoms with van der Waals surface area (Å²) in [6.45, 7) is 7.68. The van der Waals surface area contributed by atoms with Gasteiger partial charge >= 0.3 is 12.1 Å². The van der Waals surface area contributed by atoms with E-state index in [1.807, 2.05) is 72.1 Å². The maximum Gasteiger partial charge on any atom is 0.318 e. The fourth-order valence-corrected chi connectivity index (χ4v) is 6.91. The fraction of sp³-hybridized carbons (Fsp3) is 0.429. The molecule has 0 saturated carbocycles. The first kappa shape index (κ1) is 44.3. The van der Waals surface area contributed by atoms with Crippen LogP contribution in [0.1, 0.15) is 49.5 Å². The molecule has 6 N–H and O–H groups in total. The molecule has 4 aromatic rings. The highest BCUT2D eigenvalue weighted by atomic mass is 32.1. The van der Waals surface area contributed by atoms with Gasteiger partial charge < -0.3 is 41.3 Å². The number of nitrogens with one attached hydrogen (secondary N) is 4. The molecule has 57 heavy (non-hydrogen) atoms. The summed E-state index contributed by atoms with van der Waals surface area (Å²) in [5.74, 6) is -1.78. The molecule has 4 rings (SSSR count). The van der Waals surface area contributed by atoms with Gasteiger partial charge in [0.05, 0.1) is 30.9 Å². The van der Waals surface area contributed by atoms with Crippen LogP contribution in [0.15, 0.2) is 96.6 Å². The quantitative estimate of drug-likeness (QED) is 0.0827. The van der Waals surface area contributed by atoms with Gasteiger partial charge in [-0.05, 0) is 47.9 Å². The number of urea groups is 2. The van der Waals surface area contributed by atoms with Crippen molar-refractivity contribution in [2.45, 2.75) is 90.0 Å². The minimum Gasteiger partial charge on any atom is -0.388 e. The third-order valence-electron chi connectivity index (χ3n) is 9.56. The molecule has 0 aliphatic carbocycles. The van der Waals surface area contributed by atoms with E-state index in [4.69, 9.17) is 0 Å². The van der Waals surface area contributed by atoms with Crippen LogP contribution in [-0.2, 0) is 35.5 Å². The van der Waals surface area contributed by atoms with E-state index in [9.17, 15) is 29.4 Å². The molecule has 14 nitrogen and oxygen atoms in total. The van der Waals surface area contributed by atoms with Crippen LogP contribution < -0.4 is 21.3 Å². The molecule has 0 aliphatic rings. The van der Waals surface area contributed by atoms with Crippen LogP contribution in [0.4, 0.5) is 9.59 Å². The first-order chi connectivity index (χ1) is 27.2. The Morgan fingerprint density at radius 1 is 0.614 bits per heavy atom. The smallest absolute Gasteiger partial charge is 0.318 e. The van der Waals surface area contributed by atoms with E-state index < -0.39 is 60.3 Å². The predicted molar refractivity (Wildman–Crippen MR) is 220 cm³/mol. The molecule has 6 amide bonds. The van der Waals surface area contributed by atoms with Crippen molar-refractivity contribution in [2.24, 2.45) is 11.8 Å². The molecular weight excluding hydrogens is 745 g/mol. The lowest BCUT2D eigenvalue weighted by Gasteiger charge is -2.35. The first-order valence-corrected chi connectivity index (χ1v) is 20.0. The zero-order valence-electron chi connectivity index (χ0n) is 33.4. The normalized spacial score (nSPS) is 14.4. The van der Waals surface area contributed by atoms with Crippen molar-refractivity contribution < 1.29 is 29.4 Å². The van der Waals surface area contributed by atoms with Gasteiger partial charge in [-0.2, -0.15) is 0 Å². The van der Waals surface area contributed by atoms with Gasteiger partial charge in [-0.1, -0.05) is 94.4 Å². The van der Waals surface area contributed by atoms with Crippen LogP contribution in [0.3, 0.4) is 0 Å². The second kappa shape index (κ2) is 21.8. The molecule has 15 heteroatoms. The summed E-state index contributed by atoms with van der Waals surface area (Å²) in [4.78, 5) is 65.9. The van der Waals surface area contributed by atoms with Crippen molar-refractivity contribution in [3.05, 3.63) is 118 Å². The van der Waals surface area contributed by atoms with E-state index in [1.165, 1.54) is 21.1 Å². The molecular formula is C42H56N8O6S. The zero-order valence-corrected chi connectivity index (χ0v) is 34.2. The average Bonchev–Trinajstić information content (AvgIpc) is 3.71. The number of benzene rings is 2. The van der Waals surface area contributed by atoms with Gasteiger partial charge in [0, 0.05) is 31.9 Å². The lowest BCUT2D eigenvalue weighted by atomic mass is 9.90.